The molecule has 0 saturated heterocycles. The van der Waals surface area contributed by atoms with Gasteiger partial charge in [-0.1, -0.05) is 31.1 Å². The van der Waals surface area contributed by atoms with Crippen LogP contribution in [0.15, 0.2) is 30.4 Å². The minimum atomic E-state index is -0.735. The van der Waals surface area contributed by atoms with Crippen molar-refractivity contribution in [3.05, 3.63) is 47.5 Å². The number of hydrogen-bond donors (Lipinski definition) is 0. The Hall–Kier alpha value is -1.18. The van der Waals surface area contributed by atoms with Crippen molar-refractivity contribution in [3.8, 4) is 0 Å². The van der Waals surface area contributed by atoms with Gasteiger partial charge in [-0.15, -0.1) is 0 Å². The zero-order chi connectivity index (χ0) is 17.6. The lowest BCUT2D eigenvalue weighted by atomic mass is 9.74. The van der Waals surface area contributed by atoms with E-state index in [-0.39, 0.29) is 0 Å². The van der Waals surface area contributed by atoms with E-state index in [2.05, 4.69) is 19.1 Å². The van der Waals surface area contributed by atoms with E-state index in [4.69, 9.17) is 0 Å². The molecule has 0 N–H and O–H groups in total. The quantitative estimate of drug-likeness (QED) is 0.487. The van der Waals surface area contributed by atoms with E-state index in [9.17, 15) is 8.78 Å². The maximum absolute atomic E-state index is 13.4. The van der Waals surface area contributed by atoms with Crippen LogP contribution in [0, 0.1) is 29.4 Å². The van der Waals surface area contributed by atoms with Crippen LogP contribution in [-0.4, -0.2) is 0 Å². The fraction of sp³-hybridized carbons (Fsp3) is 0.652. The average Bonchev–Trinajstić information content (AvgIpc) is 2.64. The summed E-state index contributed by atoms with van der Waals surface area (Å²) in [5.41, 5.74) is 0.986. The first-order valence-electron chi connectivity index (χ1n) is 10.2. The smallest absolute Gasteiger partial charge is 0.159 e. The van der Waals surface area contributed by atoms with E-state index in [1.54, 1.807) is 6.07 Å². The lowest BCUT2D eigenvalue weighted by Crippen LogP contribution is -2.17. The van der Waals surface area contributed by atoms with Gasteiger partial charge in [0, 0.05) is 0 Å². The largest absolute Gasteiger partial charge is 0.204 e. The van der Waals surface area contributed by atoms with Crippen LogP contribution in [0.4, 0.5) is 8.78 Å². The zero-order valence-corrected chi connectivity index (χ0v) is 15.5. The summed E-state index contributed by atoms with van der Waals surface area (Å²) in [6.07, 6.45) is 17.6. The number of halogens is 2. The third-order valence-electron chi connectivity index (χ3n) is 6.60. The third-order valence-corrected chi connectivity index (χ3v) is 6.60. The number of benzene rings is 1. The van der Waals surface area contributed by atoms with Gasteiger partial charge in [-0.2, -0.15) is 0 Å². The standard InChI is InChI=1S/C23H32F2/c1-2-3-17-4-6-18(7-5-17)8-9-19-10-12-20(13-11-19)21-14-15-22(24)23(25)16-21/h2-3,14-20H,4-13H2,1H3/t17-,18-,19-,20-. The van der Waals surface area contributed by atoms with Gasteiger partial charge in [0.1, 0.15) is 0 Å². The fourth-order valence-electron chi connectivity index (χ4n) is 4.96. The highest BCUT2D eigenvalue weighted by atomic mass is 19.2. The number of allylic oxidation sites excluding steroid dienone is 2. The SMILES string of the molecule is CC=C[C@H]1CC[C@H](CC[C@H]2CC[C@H](c3ccc(F)c(F)c3)CC2)CC1. The average molecular weight is 347 g/mol. The lowest BCUT2D eigenvalue weighted by Gasteiger charge is -2.31. The zero-order valence-electron chi connectivity index (χ0n) is 15.5. The van der Waals surface area contributed by atoms with E-state index < -0.39 is 11.6 Å². The summed E-state index contributed by atoms with van der Waals surface area (Å²) in [5, 5.41) is 0. The predicted octanol–water partition coefficient (Wildman–Crippen LogP) is 7.40. The molecule has 2 heteroatoms. The molecule has 0 aliphatic heterocycles. The van der Waals surface area contributed by atoms with Gasteiger partial charge in [0.05, 0.1) is 0 Å². The first kappa shape index (κ1) is 18.6. The van der Waals surface area contributed by atoms with Crippen LogP contribution < -0.4 is 0 Å². The van der Waals surface area contributed by atoms with Crippen molar-refractivity contribution in [1.29, 1.82) is 0 Å². The molecule has 0 radical (unpaired) electrons. The van der Waals surface area contributed by atoms with Gasteiger partial charge in [-0.3, -0.25) is 0 Å². The molecular formula is C23H32F2. The highest BCUT2D eigenvalue weighted by Crippen LogP contribution is 2.40. The van der Waals surface area contributed by atoms with Crippen molar-refractivity contribution in [3.63, 3.8) is 0 Å². The van der Waals surface area contributed by atoms with Crippen molar-refractivity contribution in [2.75, 3.05) is 0 Å². The first-order chi connectivity index (χ1) is 12.2. The van der Waals surface area contributed by atoms with E-state index in [0.717, 1.165) is 36.2 Å². The van der Waals surface area contributed by atoms with Crippen molar-refractivity contribution in [2.24, 2.45) is 17.8 Å². The molecule has 138 valence electrons. The minimum absolute atomic E-state index is 0.419. The van der Waals surface area contributed by atoms with Crippen molar-refractivity contribution in [2.45, 2.75) is 77.0 Å². The van der Waals surface area contributed by atoms with E-state index in [1.165, 1.54) is 63.5 Å². The van der Waals surface area contributed by atoms with Gasteiger partial charge in [0.2, 0.25) is 0 Å². The second kappa shape index (κ2) is 8.96. The van der Waals surface area contributed by atoms with E-state index in [0.29, 0.717) is 5.92 Å². The third kappa shape index (κ3) is 5.15. The molecule has 0 heterocycles. The van der Waals surface area contributed by atoms with Crippen molar-refractivity contribution >= 4 is 0 Å². The molecule has 1 aromatic carbocycles. The molecule has 0 unspecified atom stereocenters. The first-order valence-corrected chi connectivity index (χ1v) is 10.2. The molecular weight excluding hydrogens is 314 g/mol. The predicted molar refractivity (Wildman–Crippen MR) is 101 cm³/mol. The van der Waals surface area contributed by atoms with Crippen LogP contribution in [0.1, 0.15) is 82.6 Å². The minimum Gasteiger partial charge on any atom is -0.204 e. The topological polar surface area (TPSA) is 0 Å². The Bertz CT molecular complexity index is 561. The van der Waals surface area contributed by atoms with Gasteiger partial charge in [-0.25, -0.2) is 8.78 Å². The highest BCUT2D eigenvalue weighted by molar-refractivity contribution is 5.22. The summed E-state index contributed by atoms with van der Waals surface area (Å²) >= 11 is 0. The molecule has 0 bridgehead atoms. The second-order valence-electron chi connectivity index (χ2n) is 8.28. The van der Waals surface area contributed by atoms with Crippen LogP contribution >= 0.6 is 0 Å². The Kier molecular flexibility index (Phi) is 6.67. The Morgan fingerprint density at radius 3 is 2.00 bits per heavy atom. The van der Waals surface area contributed by atoms with Gasteiger partial charge >= 0.3 is 0 Å². The molecule has 0 amide bonds. The molecule has 0 atom stereocenters. The van der Waals surface area contributed by atoms with Crippen LogP contribution in [0.25, 0.3) is 0 Å². The summed E-state index contributed by atoms with van der Waals surface area (Å²) in [5.74, 6) is 1.59. The molecule has 3 rings (SSSR count). The van der Waals surface area contributed by atoms with Gasteiger partial charge in [0.25, 0.3) is 0 Å². The summed E-state index contributed by atoms with van der Waals surface area (Å²) in [6.45, 7) is 2.13. The normalized spacial score (nSPS) is 30.7. The number of rotatable bonds is 5. The monoisotopic (exact) mass is 346 g/mol. The Morgan fingerprint density at radius 2 is 1.44 bits per heavy atom. The molecule has 2 aliphatic carbocycles. The fourth-order valence-corrected chi connectivity index (χ4v) is 4.96. The summed E-state index contributed by atoms with van der Waals surface area (Å²) < 4.78 is 26.5. The molecule has 2 saturated carbocycles. The summed E-state index contributed by atoms with van der Waals surface area (Å²) in [7, 11) is 0. The Labute approximate surface area is 151 Å². The van der Waals surface area contributed by atoms with Gasteiger partial charge < -0.3 is 0 Å². The summed E-state index contributed by atoms with van der Waals surface area (Å²) in [4.78, 5) is 0. The van der Waals surface area contributed by atoms with Crippen LogP contribution in [0.2, 0.25) is 0 Å². The molecule has 1 aromatic rings. The van der Waals surface area contributed by atoms with Crippen LogP contribution in [-0.2, 0) is 0 Å². The van der Waals surface area contributed by atoms with Gasteiger partial charge in [-0.05, 0) is 99.7 Å². The van der Waals surface area contributed by atoms with Crippen molar-refractivity contribution < 1.29 is 8.78 Å². The van der Waals surface area contributed by atoms with Crippen LogP contribution in [0.3, 0.4) is 0 Å². The molecule has 2 fully saturated rings. The molecule has 0 spiro atoms. The van der Waals surface area contributed by atoms with Crippen LogP contribution in [0.5, 0.6) is 0 Å². The second-order valence-corrected chi connectivity index (χ2v) is 8.28. The maximum atomic E-state index is 13.4. The lowest BCUT2D eigenvalue weighted by molar-refractivity contribution is 0.246. The maximum Gasteiger partial charge on any atom is 0.159 e. The number of hydrogen-bond acceptors (Lipinski definition) is 0. The molecule has 0 aromatic heterocycles. The molecule has 25 heavy (non-hydrogen) atoms. The van der Waals surface area contributed by atoms with Gasteiger partial charge in [0.15, 0.2) is 11.6 Å². The summed E-state index contributed by atoms with van der Waals surface area (Å²) in [6, 6.07) is 4.46. The van der Waals surface area contributed by atoms with Crippen molar-refractivity contribution in [1.82, 2.24) is 0 Å². The Balaban J connectivity index is 1.39. The van der Waals surface area contributed by atoms with E-state index >= 15 is 0 Å². The highest BCUT2D eigenvalue weighted by Gasteiger charge is 2.25. The Morgan fingerprint density at radius 1 is 0.840 bits per heavy atom. The van der Waals surface area contributed by atoms with E-state index in [1.807, 2.05) is 0 Å². The molecule has 2 aliphatic rings. The molecule has 0 nitrogen and oxygen atoms in total.